The lowest BCUT2D eigenvalue weighted by atomic mass is 10.2. The molecule has 0 bridgehead atoms. The van der Waals surface area contributed by atoms with Gasteiger partial charge in [-0.05, 0) is 13.0 Å². The van der Waals surface area contributed by atoms with Gasteiger partial charge in [0.15, 0.2) is 0 Å². The van der Waals surface area contributed by atoms with Gasteiger partial charge in [0.2, 0.25) is 5.76 Å². The molecule has 1 aromatic heterocycles. The maximum Gasteiger partial charge on any atom is 0.387 e. The summed E-state index contributed by atoms with van der Waals surface area (Å²) in [6.45, 7) is -1.18. The zero-order valence-electron chi connectivity index (χ0n) is 10.6. The summed E-state index contributed by atoms with van der Waals surface area (Å²) >= 11 is 0. The lowest BCUT2D eigenvalue weighted by Gasteiger charge is -2.10. The second-order valence-corrected chi connectivity index (χ2v) is 4.00. The quantitative estimate of drug-likeness (QED) is 0.915. The van der Waals surface area contributed by atoms with Crippen LogP contribution in [0.2, 0.25) is 0 Å². The number of rotatable bonds is 5. The Labute approximate surface area is 113 Å². The highest BCUT2D eigenvalue weighted by molar-refractivity contribution is 5.91. The Morgan fingerprint density at radius 3 is 2.85 bits per heavy atom. The van der Waals surface area contributed by atoms with Crippen LogP contribution >= 0.6 is 0 Å². The Bertz CT molecular complexity index is 599. The minimum atomic E-state index is -2.91. The maximum absolute atomic E-state index is 12.2. The molecule has 0 aliphatic rings. The van der Waals surface area contributed by atoms with Gasteiger partial charge in [0.25, 0.3) is 5.91 Å². The maximum atomic E-state index is 12.2. The first kappa shape index (κ1) is 14.0. The van der Waals surface area contributed by atoms with Crippen LogP contribution < -0.4 is 10.1 Å². The number of carbonyl (C=O) groups is 1. The van der Waals surface area contributed by atoms with Crippen LogP contribution in [0.5, 0.6) is 5.75 Å². The van der Waals surface area contributed by atoms with Crippen molar-refractivity contribution >= 4 is 5.91 Å². The smallest absolute Gasteiger partial charge is 0.387 e. The Kier molecular flexibility index (Phi) is 4.29. The van der Waals surface area contributed by atoms with Crippen LogP contribution in [0.25, 0.3) is 0 Å². The van der Waals surface area contributed by atoms with Crippen molar-refractivity contribution < 1.29 is 22.8 Å². The predicted molar refractivity (Wildman–Crippen MR) is 65.5 cm³/mol. The molecule has 7 heteroatoms. The average molecular weight is 282 g/mol. The summed E-state index contributed by atoms with van der Waals surface area (Å²) in [5.41, 5.74) is 1.02. The van der Waals surface area contributed by atoms with Crippen molar-refractivity contribution in [2.45, 2.75) is 20.1 Å². The fourth-order valence-electron chi connectivity index (χ4n) is 1.59. The molecule has 0 radical (unpaired) electrons. The molecule has 1 heterocycles. The number of para-hydroxylation sites is 1. The van der Waals surface area contributed by atoms with Gasteiger partial charge in [-0.15, -0.1) is 0 Å². The van der Waals surface area contributed by atoms with Crippen molar-refractivity contribution in [3.05, 3.63) is 47.3 Å². The number of halogens is 2. The van der Waals surface area contributed by atoms with E-state index in [2.05, 4.69) is 15.2 Å². The first-order valence-electron chi connectivity index (χ1n) is 5.80. The number of nitrogens with one attached hydrogen (secondary N) is 1. The highest BCUT2D eigenvalue weighted by Gasteiger charge is 2.13. The summed E-state index contributed by atoms with van der Waals surface area (Å²) in [6, 6.07) is 7.72. The summed E-state index contributed by atoms with van der Waals surface area (Å²) in [4.78, 5) is 11.7. The molecule has 20 heavy (non-hydrogen) atoms. The average Bonchev–Trinajstić information content (AvgIpc) is 2.83. The topological polar surface area (TPSA) is 64.4 Å². The van der Waals surface area contributed by atoms with E-state index in [4.69, 9.17) is 4.52 Å². The second kappa shape index (κ2) is 6.14. The molecule has 1 N–H and O–H groups in total. The number of alkyl halides is 2. The largest absolute Gasteiger partial charge is 0.434 e. The molecule has 0 saturated heterocycles. The van der Waals surface area contributed by atoms with Gasteiger partial charge in [-0.1, -0.05) is 23.4 Å². The summed E-state index contributed by atoms with van der Waals surface area (Å²) in [7, 11) is 0. The normalized spacial score (nSPS) is 10.6. The highest BCUT2D eigenvalue weighted by atomic mass is 19.3. The van der Waals surface area contributed by atoms with E-state index < -0.39 is 12.5 Å². The molecule has 0 atom stereocenters. The summed E-state index contributed by atoms with van der Waals surface area (Å²) in [5.74, 6) is -0.385. The monoisotopic (exact) mass is 282 g/mol. The molecule has 1 amide bonds. The highest BCUT2D eigenvalue weighted by Crippen LogP contribution is 2.20. The van der Waals surface area contributed by atoms with E-state index in [9.17, 15) is 13.6 Å². The lowest BCUT2D eigenvalue weighted by molar-refractivity contribution is -0.0504. The van der Waals surface area contributed by atoms with Crippen LogP contribution in [0.15, 0.2) is 34.9 Å². The van der Waals surface area contributed by atoms with Gasteiger partial charge in [-0.25, -0.2) is 0 Å². The first-order valence-corrected chi connectivity index (χ1v) is 5.80. The summed E-state index contributed by atoms with van der Waals surface area (Å²) in [6.07, 6.45) is 0. The van der Waals surface area contributed by atoms with Gasteiger partial charge in [-0.3, -0.25) is 4.79 Å². The zero-order chi connectivity index (χ0) is 14.5. The first-order chi connectivity index (χ1) is 9.56. The van der Waals surface area contributed by atoms with E-state index in [1.807, 2.05) is 0 Å². The van der Waals surface area contributed by atoms with Crippen LogP contribution in [0.4, 0.5) is 8.78 Å². The minimum absolute atomic E-state index is 0.0246. The third-order valence-electron chi connectivity index (χ3n) is 2.48. The van der Waals surface area contributed by atoms with Crippen molar-refractivity contribution in [3.8, 4) is 5.75 Å². The third-order valence-corrected chi connectivity index (χ3v) is 2.48. The molecule has 2 aromatic rings. The zero-order valence-corrected chi connectivity index (χ0v) is 10.6. The summed E-state index contributed by atoms with van der Waals surface area (Å²) in [5, 5.41) is 6.13. The molecule has 0 fully saturated rings. The fourth-order valence-corrected chi connectivity index (χ4v) is 1.59. The van der Waals surface area contributed by atoms with Gasteiger partial charge < -0.3 is 14.6 Å². The number of aryl methyl sites for hydroxylation is 1. The van der Waals surface area contributed by atoms with Gasteiger partial charge in [-0.2, -0.15) is 8.78 Å². The Hall–Kier alpha value is -2.44. The minimum Gasteiger partial charge on any atom is -0.434 e. The van der Waals surface area contributed by atoms with Gasteiger partial charge >= 0.3 is 6.61 Å². The van der Waals surface area contributed by atoms with Crippen LogP contribution in [0, 0.1) is 6.92 Å². The SMILES string of the molecule is Cc1cc(C(=O)NCc2ccccc2OC(F)F)on1. The number of benzene rings is 1. The van der Waals surface area contributed by atoms with E-state index in [0.717, 1.165) is 0 Å². The third kappa shape index (κ3) is 3.53. The number of nitrogens with zero attached hydrogens (tertiary/aromatic N) is 1. The van der Waals surface area contributed by atoms with E-state index in [1.54, 1.807) is 25.1 Å². The Balaban J connectivity index is 2.02. The van der Waals surface area contributed by atoms with Crippen LogP contribution in [-0.2, 0) is 6.54 Å². The molecule has 0 aliphatic heterocycles. The molecule has 0 saturated carbocycles. The van der Waals surface area contributed by atoms with Crippen LogP contribution in [0.1, 0.15) is 21.8 Å². The number of amides is 1. The standard InChI is InChI=1S/C13H12F2N2O3/c1-8-6-11(20-17-8)12(18)16-7-9-4-2-3-5-10(9)19-13(14)15/h2-6,13H,7H2,1H3,(H,16,18). The number of ether oxygens (including phenoxy) is 1. The van der Waals surface area contributed by atoms with Gasteiger partial charge in [0.1, 0.15) is 5.75 Å². The van der Waals surface area contributed by atoms with E-state index in [-0.39, 0.29) is 18.1 Å². The summed E-state index contributed by atoms with van der Waals surface area (Å²) < 4.78 is 33.6. The van der Waals surface area contributed by atoms with Gasteiger partial charge in [0.05, 0.1) is 5.69 Å². The molecule has 1 aromatic carbocycles. The Morgan fingerprint density at radius 2 is 2.20 bits per heavy atom. The van der Waals surface area contributed by atoms with E-state index in [0.29, 0.717) is 11.3 Å². The predicted octanol–water partition coefficient (Wildman–Crippen LogP) is 2.51. The molecule has 5 nitrogen and oxygen atoms in total. The lowest BCUT2D eigenvalue weighted by Crippen LogP contribution is -2.22. The van der Waals surface area contributed by atoms with E-state index in [1.165, 1.54) is 12.1 Å². The fraction of sp³-hybridized carbons (Fsp3) is 0.231. The van der Waals surface area contributed by atoms with Crippen molar-refractivity contribution in [1.29, 1.82) is 0 Å². The molecule has 2 rings (SSSR count). The van der Waals surface area contributed by atoms with Crippen LogP contribution in [0.3, 0.4) is 0 Å². The Morgan fingerprint density at radius 1 is 1.45 bits per heavy atom. The molecule has 0 unspecified atom stereocenters. The van der Waals surface area contributed by atoms with Gasteiger partial charge in [0, 0.05) is 18.2 Å². The van der Waals surface area contributed by atoms with Crippen LogP contribution in [-0.4, -0.2) is 17.7 Å². The number of hydrogen-bond donors (Lipinski definition) is 1. The molecule has 0 aliphatic carbocycles. The molecule has 106 valence electrons. The molecular formula is C13H12F2N2O3. The van der Waals surface area contributed by atoms with Crippen molar-refractivity contribution in [2.75, 3.05) is 0 Å². The van der Waals surface area contributed by atoms with Crippen molar-refractivity contribution in [3.63, 3.8) is 0 Å². The number of aromatic nitrogens is 1. The van der Waals surface area contributed by atoms with Crippen molar-refractivity contribution in [1.82, 2.24) is 10.5 Å². The molecular weight excluding hydrogens is 270 g/mol. The van der Waals surface area contributed by atoms with Crippen molar-refractivity contribution in [2.24, 2.45) is 0 Å². The second-order valence-electron chi connectivity index (χ2n) is 4.00. The number of carbonyl (C=O) groups excluding carboxylic acids is 1. The molecule has 0 spiro atoms. The number of hydrogen-bond acceptors (Lipinski definition) is 4. The van der Waals surface area contributed by atoms with E-state index >= 15 is 0 Å².